The summed E-state index contributed by atoms with van der Waals surface area (Å²) in [7, 11) is 1.79. The Hall–Kier alpha value is -1.63. The van der Waals surface area contributed by atoms with E-state index in [9.17, 15) is 10.1 Å². The Bertz CT molecular complexity index is 463. The van der Waals surface area contributed by atoms with E-state index in [0.29, 0.717) is 17.9 Å². The van der Waals surface area contributed by atoms with Crippen LogP contribution in [0.3, 0.4) is 0 Å². The highest BCUT2D eigenvalue weighted by molar-refractivity contribution is 5.61. The third-order valence-corrected chi connectivity index (χ3v) is 3.70. The number of likely N-dealkylation sites (N-methyl/N-ethyl adjacent to an activating group) is 1. The zero-order valence-corrected chi connectivity index (χ0v) is 11.8. The molecule has 1 fully saturated rings. The Balaban J connectivity index is 2.29. The summed E-state index contributed by atoms with van der Waals surface area (Å²) in [4.78, 5) is 15.4. The molecule has 0 atom stereocenters. The first-order chi connectivity index (χ1) is 9.08. The van der Waals surface area contributed by atoms with Gasteiger partial charge < -0.3 is 9.80 Å². The SMILES string of the molecule is CCc1nn(C)c(N2CCN(CC)CC2)c1[N+](=O)[O-]. The number of anilines is 1. The van der Waals surface area contributed by atoms with Crippen LogP contribution in [0, 0.1) is 10.1 Å². The number of piperazine rings is 1. The third-order valence-electron chi connectivity index (χ3n) is 3.70. The van der Waals surface area contributed by atoms with Crippen LogP contribution in [0.5, 0.6) is 0 Å². The number of hydrogen-bond donors (Lipinski definition) is 0. The fourth-order valence-electron chi connectivity index (χ4n) is 2.61. The van der Waals surface area contributed by atoms with E-state index in [1.807, 2.05) is 6.92 Å². The normalized spacial score (nSPS) is 16.9. The van der Waals surface area contributed by atoms with Crippen molar-refractivity contribution in [2.75, 3.05) is 37.6 Å². The van der Waals surface area contributed by atoms with Gasteiger partial charge in [0.25, 0.3) is 0 Å². The van der Waals surface area contributed by atoms with Crippen molar-refractivity contribution in [1.82, 2.24) is 14.7 Å². The molecule has 1 aromatic heterocycles. The van der Waals surface area contributed by atoms with Gasteiger partial charge in [-0.25, -0.2) is 4.68 Å². The van der Waals surface area contributed by atoms with Gasteiger partial charge >= 0.3 is 5.69 Å². The molecule has 0 radical (unpaired) electrons. The second-order valence-corrected chi connectivity index (χ2v) is 4.77. The van der Waals surface area contributed by atoms with Crippen LogP contribution in [0.15, 0.2) is 0 Å². The average Bonchev–Trinajstić information content (AvgIpc) is 2.76. The van der Waals surface area contributed by atoms with Crippen LogP contribution in [0.4, 0.5) is 11.5 Å². The molecule has 1 aromatic rings. The minimum atomic E-state index is -0.298. The van der Waals surface area contributed by atoms with E-state index in [1.165, 1.54) is 0 Å². The second kappa shape index (κ2) is 5.56. The highest BCUT2D eigenvalue weighted by atomic mass is 16.6. The van der Waals surface area contributed by atoms with E-state index >= 15 is 0 Å². The number of aryl methyl sites for hydroxylation is 2. The summed E-state index contributed by atoms with van der Waals surface area (Å²) in [6, 6.07) is 0. The molecule has 0 aromatic carbocycles. The summed E-state index contributed by atoms with van der Waals surface area (Å²) in [5.74, 6) is 0.651. The summed E-state index contributed by atoms with van der Waals surface area (Å²) in [5.41, 5.74) is 0.746. The zero-order valence-electron chi connectivity index (χ0n) is 11.8. The molecule has 0 N–H and O–H groups in total. The van der Waals surface area contributed by atoms with E-state index in [4.69, 9.17) is 0 Å². The molecule has 2 rings (SSSR count). The molecule has 2 heterocycles. The van der Waals surface area contributed by atoms with E-state index in [1.54, 1.807) is 11.7 Å². The van der Waals surface area contributed by atoms with Gasteiger partial charge in [0, 0.05) is 33.2 Å². The van der Waals surface area contributed by atoms with Gasteiger partial charge in [-0.2, -0.15) is 5.10 Å². The molecule has 7 heteroatoms. The first-order valence-corrected chi connectivity index (χ1v) is 6.76. The molecular weight excluding hydrogens is 246 g/mol. The van der Waals surface area contributed by atoms with E-state index < -0.39 is 0 Å². The summed E-state index contributed by atoms with van der Waals surface area (Å²) in [6.45, 7) is 8.59. The van der Waals surface area contributed by atoms with Crippen molar-refractivity contribution in [3.05, 3.63) is 15.8 Å². The van der Waals surface area contributed by atoms with Crippen LogP contribution in [0.25, 0.3) is 0 Å². The molecule has 0 aliphatic carbocycles. The smallest absolute Gasteiger partial charge is 0.334 e. The van der Waals surface area contributed by atoms with Crippen LogP contribution in [-0.2, 0) is 13.5 Å². The van der Waals surface area contributed by atoms with Crippen molar-refractivity contribution in [3.63, 3.8) is 0 Å². The zero-order chi connectivity index (χ0) is 14.0. The van der Waals surface area contributed by atoms with E-state index in [2.05, 4.69) is 21.8 Å². The third kappa shape index (κ3) is 2.56. The molecule has 0 spiro atoms. The molecule has 106 valence electrons. The predicted molar refractivity (Wildman–Crippen MR) is 73.6 cm³/mol. The average molecular weight is 267 g/mol. The van der Waals surface area contributed by atoms with Gasteiger partial charge in [-0.05, 0) is 13.0 Å². The van der Waals surface area contributed by atoms with Crippen molar-refractivity contribution in [3.8, 4) is 0 Å². The van der Waals surface area contributed by atoms with Gasteiger partial charge in [0.2, 0.25) is 5.82 Å². The van der Waals surface area contributed by atoms with Crippen molar-refractivity contribution in [1.29, 1.82) is 0 Å². The topological polar surface area (TPSA) is 67.4 Å². The largest absolute Gasteiger partial charge is 0.349 e. The van der Waals surface area contributed by atoms with Gasteiger partial charge in [-0.15, -0.1) is 0 Å². The van der Waals surface area contributed by atoms with Gasteiger partial charge in [0.05, 0.1) is 4.92 Å². The minimum Gasteiger partial charge on any atom is -0.349 e. The molecule has 19 heavy (non-hydrogen) atoms. The standard InChI is InChI=1S/C12H21N5O2/c1-4-10-11(17(18)19)12(14(3)13-10)16-8-6-15(5-2)7-9-16/h4-9H2,1-3H3. The van der Waals surface area contributed by atoms with Crippen LogP contribution < -0.4 is 4.90 Å². The predicted octanol–water partition coefficient (Wildman–Crippen LogP) is 1.03. The van der Waals surface area contributed by atoms with Gasteiger partial charge in [-0.3, -0.25) is 10.1 Å². The fourth-order valence-corrected chi connectivity index (χ4v) is 2.61. The van der Waals surface area contributed by atoms with Crippen molar-refractivity contribution >= 4 is 11.5 Å². The number of nitrogens with zero attached hydrogens (tertiary/aromatic N) is 5. The Labute approximate surface area is 112 Å². The van der Waals surface area contributed by atoms with Crippen LogP contribution in [0.2, 0.25) is 0 Å². The highest BCUT2D eigenvalue weighted by Crippen LogP contribution is 2.32. The molecule has 1 aliphatic heterocycles. The van der Waals surface area contributed by atoms with Crippen molar-refractivity contribution in [2.24, 2.45) is 7.05 Å². The minimum absolute atomic E-state index is 0.176. The Morgan fingerprint density at radius 3 is 2.37 bits per heavy atom. The van der Waals surface area contributed by atoms with E-state index in [0.717, 1.165) is 32.7 Å². The molecule has 0 amide bonds. The maximum absolute atomic E-state index is 11.3. The Kier molecular flexibility index (Phi) is 4.04. The second-order valence-electron chi connectivity index (χ2n) is 4.77. The lowest BCUT2D eigenvalue weighted by molar-refractivity contribution is -0.384. The lowest BCUT2D eigenvalue weighted by Crippen LogP contribution is -2.46. The highest BCUT2D eigenvalue weighted by Gasteiger charge is 2.31. The fraction of sp³-hybridized carbons (Fsp3) is 0.750. The maximum atomic E-state index is 11.3. The van der Waals surface area contributed by atoms with Gasteiger partial charge in [0.1, 0.15) is 5.69 Å². The summed E-state index contributed by atoms with van der Waals surface area (Å²) in [5, 5.41) is 15.6. The van der Waals surface area contributed by atoms with Crippen LogP contribution in [-0.4, -0.2) is 52.3 Å². The molecule has 0 bridgehead atoms. The number of hydrogen-bond acceptors (Lipinski definition) is 5. The first kappa shape index (κ1) is 13.8. The van der Waals surface area contributed by atoms with Crippen LogP contribution in [0.1, 0.15) is 19.5 Å². The van der Waals surface area contributed by atoms with Crippen molar-refractivity contribution < 1.29 is 4.92 Å². The van der Waals surface area contributed by atoms with Gasteiger partial charge in [0.15, 0.2) is 0 Å². The quantitative estimate of drug-likeness (QED) is 0.602. The first-order valence-electron chi connectivity index (χ1n) is 6.76. The van der Waals surface area contributed by atoms with Crippen molar-refractivity contribution in [2.45, 2.75) is 20.3 Å². The maximum Gasteiger partial charge on any atom is 0.334 e. The summed E-state index contributed by atoms with van der Waals surface area (Å²) >= 11 is 0. The summed E-state index contributed by atoms with van der Waals surface area (Å²) < 4.78 is 1.65. The Morgan fingerprint density at radius 1 is 1.26 bits per heavy atom. The monoisotopic (exact) mass is 267 g/mol. The lowest BCUT2D eigenvalue weighted by atomic mass is 10.2. The molecular formula is C12H21N5O2. The number of aromatic nitrogens is 2. The van der Waals surface area contributed by atoms with Gasteiger partial charge in [-0.1, -0.05) is 13.8 Å². The summed E-state index contributed by atoms with van der Waals surface area (Å²) in [6.07, 6.45) is 0.582. The molecule has 0 saturated carbocycles. The number of nitro groups is 1. The molecule has 7 nitrogen and oxygen atoms in total. The van der Waals surface area contributed by atoms with E-state index in [-0.39, 0.29) is 10.6 Å². The Morgan fingerprint density at radius 2 is 1.89 bits per heavy atom. The molecule has 1 saturated heterocycles. The molecule has 0 unspecified atom stereocenters. The number of rotatable bonds is 4. The molecule has 1 aliphatic rings. The van der Waals surface area contributed by atoms with Crippen LogP contribution >= 0.6 is 0 Å². The lowest BCUT2D eigenvalue weighted by Gasteiger charge is -2.34.